The molecule has 1 aromatic heterocycles. The Kier molecular flexibility index (Phi) is 3.33. The molecule has 2 rings (SSSR count). The molecular weight excluding hydrogens is 226 g/mol. The normalized spacial score (nSPS) is 19.0. The van der Waals surface area contributed by atoms with E-state index in [1.807, 2.05) is 0 Å². The van der Waals surface area contributed by atoms with Crippen molar-refractivity contribution < 1.29 is 9.66 Å². The van der Waals surface area contributed by atoms with Crippen LogP contribution in [0.4, 0.5) is 17.5 Å². The van der Waals surface area contributed by atoms with Gasteiger partial charge in [0, 0.05) is 13.7 Å². The molecule has 2 heterocycles. The van der Waals surface area contributed by atoms with Crippen LogP contribution < -0.4 is 10.6 Å². The van der Waals surface area contributed by atoms with E-state index in [4.69, 9.17) is 4.74 Å². The molecule has 0 saturated carbocycles. The Hall–Kier alpha value is -1.96. The molecule has 92 valence electrons. The number of nitrogens with one attached hydrogen (secondary N) is 2. The van der Waals surface area contributed by atoms with E-state index in [2.05, 4.69) is 20.6 Å². The molecule has 8 heteroatoms. The molecule has 17 heavy (non-hydrogen) atoms. The second kappa shape index (κ2) is 4.91. The smallest absolute Gasteiger partial charge is 0.329 e. The van der Waals surface area contributed by atoms with Crippen LogP contribution in [0.25, 0.3) is 0 Å². The summed E-state index contributed by atoms with van der Waals surface area (Å²) in [5, 5.41) is 16.6. The van der Waals surface area contributed by atoms with Crippen molar-refractivity contribution in [3.63, 3.8) is 0 Å². The number of nitro groups is 1. The minimum absolute atomic E-state index is 0.0632. The Morgan fingerprint density at radius 2 is 2.47 bits per heavy atom. The van der Waals surface area contributed by atoms with E-state index < -0.39 is 4.92 Å². The fourth-order valence-electron chi connectivity index (χ4n) is 1.58. The molecule has 1 saturated heterocycles. The van der Waals surface area contributed by atoms with E-state index in [-0.39, 0.29) is 17.5 Å². The molecule has 2 N–H and O–H groups in total. The summed E-state index contributed by atoms with van der Waals surface area (Å²) in [4.78, 5) is 18.2. The fraction of sp³-hybridized carbons (Fsp3) is 0.556. The van der Waals surface area contributed by atoms with Gasteiger partial charge in [0.1, 0.15) is 6.20 Å². The van der Waals surface area contributed by atoms with E-state index in [0.29, 0.717) is 19.2 Å². The quantitative estimate of drug-likeness (QED) is 0.586. The van der Waals surface area contributed by atoms with E-state index >= 15 is 0 Å². The van der Waals surface area contributed by atoms with Crippen molar-refractivity contribution in [3.05, 3.63) is 16.3 Å². The average molecular weight is 239 g/mol. The van der Waals surface area contributed by atoms with Gasteiger partial charge in [-0.3, -0.25) is 10.1 Å². The van der Waals surface area contributed by atoms with Crippen LogP contribution in [0.15, 0.2) is 6.20 Å². The standard InChI is InChI=1S/C9H13N5O3/c1-10-9-11-4-7(14(15)16)8(13-9)12-6-2-3-17-5-6/h4,6H,2-3,5H2,1H3,(H2,10,11,12,13). The van der Waals surface area contributed by atoms with Gasteiger partial charge in [0.15, 0.2) is 0 Å². The Morgan fingerprint density at radius 3 is 3.06 bits per heavy atom. The highest BCUT2D eigenvalue weighted by molar-refractivity contribution is 5.57. The van der Waals surface area contributed by atoms with Gasteiger partial charge in [0.2, 0.25) is 11.8 Å². The van der Waals surface area contributed by atoms with Crippen molar-refractivity contribution in [2.45, 2.75) is 12.5 Å². The zero-order valence-corrected chi connectivity index (χ0v) is 9.34. The number of hydrogen-bond acceptors (Lipinski definition) is 7. The lowest BCUT2D eigenvalue weighted by molar-refractivity contribution is -0.384. The Balaban J connectivity index is 2.24. The number of aromatic nitrogens is 2. The van der Waals surface area contributed by atoms with E-state index in [9.17, 15) is 10.1 Å². The molecular formula is C9H13N5O3. The highest BCUT2D eigenvalue weighted by Gasteiger charge is 2.22. The molecule has 1 fully saturated rings. The van der Waals surface area contributed by atoms with Gasteiger partial charge >= 0.3 is 5.69 Å². The summed E-state index contributed by atoms with van der Waals surface area (Å²) < 4.78 is 5.19. The van der Waals surface area contributed by atoms with Gasteiger partial charge < -0.3 is 15.4 Å². The summed E-state index contributed by atoms with van der Waals surface area (Å²) in [6, 6.07) is 0.0632. The van der Waals surface area contributed by atoms with E-state index in [1.54, 1.807) is 7.05 Å². The molecule has 0 bridgehead atoms. The van der Waals surface area contributed by atoms with Crippen molar-refractivity contribution in [1.29, 1.82) is 0 Å². The van der Waals surface area contributed by atoms with Crippen LogP contribution in [0.5, 0.6) is 0 Å². The van der Waals surface area contributed by atoms with Gasteiger partial charge in [-0.05, 0) is 6.42 Å². The predicted octanol–water partition coefficient (Wildman–Crippen LogP) is 0.627. The van der Waals surface area contributed by atoms with Crippen molar-refractivity contribution in [1.82, 2.24) is 9.97 Å². The highest BCUT2D eigenvalue weighted by atomic mass is 16.6. The van der Waals surface area contributed by atoms with E-state index in [1.165, 1.54) is 6.20 Å². The van der Waals surface area contributed by atoms with Crippen molar-refractivity contribution in [2.75, 3.05) is 30.9 Å². The van der Waals surface area contributed by atoms with Crippen LogP contribution in [-0.4, -0.2) is 41.2 Å². The Morgan fingerprint density at radius 1 is 1.65 bits per heavy atom. The first-order valence-corrected chi connectivity index (χ1v) is 5.24. The van der Waals surface area contributed by atoms with Crippen LogP contribution in [-0.2, 0) is 4.74 Å². The summed E-state index contributed by atoms with van der Waals surface area (Å²) in [7, 11) is 1.66. The molecule has 8 nitrogen and oxygen atoms in total. The largest absolute Gasteiger partial charge is 0.379 e. The molecule has 1 aliphatic heterocycles. The lowest BCUT2D eigenvalue weighted by Crippen LogP contribution is -2.21. The van der Waals surface area contributed by atoms with Crippen LogP contribution in [0.1, 0.15) is 6.42 Å². The number of hydrogen-bond donors (Lipinski definition) is 2. The summed E-state index contributed by atoms with van der Waals surface area (Å²) in [6.45, 7) is 1.20. The van der Waals surface area contributed by atoms with Crippen LogP contribution in [0.3, 0.4) is 0 Å². The lowest BCUT2D eigenvalue weighted by Gasteiger charge is -2.11. The number of anilines is 2. The van der Waals surface area contributed by atoms with Crippen LogP contribution in [0.2, 0.25) is 0 Å². The van der Waals surface area contributed by atoms with Gasteiger partial charge in [-0.15, -0.1) is 0 Å². The first kappa shape index (κ1) is 11.5. The third-order valence-electron chi connectivity index (χ3n) is 2.46. The maximum absolute atomic E-state index is 10.8. The molecule has 1 atom stereocenters. The molecule has 0 aromatic carbocycles. The van der Waals surface area contributed by atoms with Gasteiger partial charge in [-0.25, -0.2) is 4.98 Å². The summed E-state index contributed by atoms with van der Waals surface area (Å²) in [5.41, 5.74) is -0.129. The molecule has 0 amide bonds. The SMILES string of the molecule is CNc1ncc([N+](=O)[O-])c(NC2CCOC2)n1. The molecule has 1 aromatic rings. The summed E-state index contributed by atoms with van der Waals surface area (Å²) in [6.07, 6.45) is 2.01. The first-order chi connectivity index (χ1) is 8.20. The Labute approximate surface area is 97.6 Å². The molecule has 1 aliphatic rings. The first-order valence-electron chi connectivity index (χ1n) is 5.24. The maximum Gasteiger partial charge on any atom is 0.329 e. The highest BCUT2D eigenvalue weighted by Crippen LogP contribution is 2.23. The zero-order chi connectivity index (χ0) is 12.3. The third kappa shape index (κ3) is 2.59. The predicted molar refractivity (Wildman–Crippen MR) is 61.1 cm³/mol. The monoisotopic (exact) mass is 239 g/mol. The summed E-state index contributed by atoms with van der Waals surface area (Å²) in [5.74, 6) is 0.571. The molecule has 0 radical (unpaired) electrons. The van der Waals surface area contributed by atoms with Crippen LogP contribution >= 0.6 is 0 Å². The minimum Gasteiger partial charge on any atom is -0.379 e. The van der Waals surface area contributed by atoms with Gasteiger partial charge in [-0.2, -0.15) is 4.98 Å². The van der Waals surface area contributed by atoms with Gasteiger partial charge in [0.05, 0.1) is 17.6 Å². The maximum atomic E-state index is 10.8. The number of ether oxygens (including phenoxy) is 1. The van der Waals surface area contributed by atoms with Crippen molar-refractivity contribution in [3.8, 4) is 0 Å². The second-order valence-electron chi connectivity index (χ2n) is 3.64. The van der Waals surface area contributed by atoms with Gasteiger partial charge in [0.25, 0.3) is 0 Å². The number of rotatable bonds is 4. The summed E-state index contributed by atoms with van der Waals surface area (Å²) >= 11 is 0. The van der Waals surface area contributed by atoms with Crippen molar-refractivity contribution >= 4 is 17.5 Å². The molecule has 0 aliphatic carbocycles. The van der Waals surface area contributed by atoms with E-state index in [0.717, 1.165) is 6.42 Å². The average Bonchev–Trinajstić information content (AvgIpc) is 2.81. The number of nitrogens with zero attached hydrogens (tertiary/aromatic N) is 3. The fourth-order valence-corrected chi connectivity index (χ4v) is 1.58. The van der Waals surface area contributed by atoms with Crippen LogP contribution in [0, 0.1) is 10.1 Å². The zero-order valence-electron chi connectivity index (χ0n) is 9.34. The van der Waals surface area contributed by atoms with Crippen molar-refractivity contribution in [2.24, 2.45) is 0 Å². The molecule has 1 unspecified atom stereocenters. The minimum atomic E-state index is -0.502. The second-order valence-corrected chi connectivity index (χ2v) is 3.64. The van der Waals surface area contributed by atoms with Gasteiger partial charge in [-0.1, -0.05) is 0 Å². The topological polar surface area (TPSA) is 102 Å². The lowest BCUT2D eigenvalue weighted by atomic mass is 10.2. The third-order valence-corrected chi connectivity index (χ3v) is 2.46. The molecule has 0 spiro atoms. The Bertz CT molecular complexity index is 419.